The van der Waals surface area contributed by atoms with Gasteiger partial charge in [0.1, 0.15) is 0 Å². The third kappa shape index (κ3) is 6.38. The summed E-state index contributed by atoms with van der Waals surface area (Å²) in [7, 11) is 1.97. The van der Waals surface area contributed by atoms with Gasteiger partial charge in [-0.05, 0) is 33.7 Å². The lowest BCUT2D eigenvalue weighted by molar-refractivity contribution is 0.122. The van der Waals surface area contributed by atoms with Crippen LogP contribution >= 0.6 is 0 Å². The minimum absolute atomic E-state index is 0.474. The van der Waals surface area contributed by atoms with Crippen LogP contribution in [0, 0.1) is 0 Å². The van der Waals surface area contributed by atoms with Gasteiger partial charge in [0, 0.05) is 12.6 Å². The van der Waals surface area contributed by atoms with Gasteiger partial charge in [-0.2, -0.15) is 0 Å². The van der Waals surface area contributed by atoms with Crippen molar-refractivity contribution in [3.05, 3.63) is 12.2 Å². The molecule has 0 aromatic rings. The molecule has 0 aliphatic carbocycles. The summed E-state index contributed by atoms with van der Waals surface area (Å²) in [5.74, 6) is 0. The molecule has 0 saturated heterocycles. The maximum Gasteiger partial charge on any atom is 0.0619 e. The molecule has 0 rings (SSSR count). The molecule has 72 valence electrons. The van der Waals surface area contributed by atoms with Gasteiger partial charge >= 0.3 is 0 Å². The van der Waals surface area contributed by atoms with Crippen molar-refractivity contribution in [2.75, 3.05) is 20.3 Å². The maximum absolute atomic E-state index is 5.33. The molecule has 0 aliphatic heterocycles. The van der Waals surface area contributed by atoms with Crippen molar-refractivity contribution >= 4 is 0 Å². The lowest BCUT2D eigenvalue weighted by atomic mass is 10.1. The Labute approximate surface area is 76.0 Å². The zero-order valence-corrected chi connectivity index (χ0v) is 8.52. The second-order valence-electron chi connectivity index (χ2n) is 3.14. The van der Waals surface area contributed by atoms with E-state index in [4.69, 9.17) is 4.74 Å². The van der Waals surface area contributed by atoms with Crippen molar-refractivity contribution in [3.63, 3.8) is 0 Å². The van der Waals surface area contributed by atoms with E-state index in [0.29, 0.717) is 6.04 Å². The van der Waals surface area contributed by atoms with E-state index in [9.17, 15) is 0 Å². The first-order chi connectivity index (χ1) is 5.70. The van der Waals surface area contributed by atoms with E-state index in [1.165, 1.54) is 5.57 Å². The Morgan fingerprint density at radius 3 is 2.67 bits per heavy atom. The van der Waals surface area contributed by atoms with E-state index >= 15 is 0 Å². The van der Waals surface area contributed by atoms with Crippen LogP contribution in [0.3, 0.4) is 0 Å². The summed E-state index contributed by atoms with van der Waals surface area (Å²) in [4.78, 5) is 0. The molecule has 12 heavy (non-hydrogen) atoms. The molecule has 0 radical (unpaired) electrons. The van der Waals surface area contributed by atoms with Gasteiger partial charge < -0.3 is 10.1 Å². The van der Waals surface area contributed by atoms with Gasteiger partial charge in [0.05, 0.1) is 6.61 Å². The molecule has 0 aliphatic rings. The first kappa shape index (κ1) is 11.7. The Bertz CT molecular complexity index is 123. The summed E-state index contributed by atoms with van der Waals surface area (Å²) in [5.41, 5.74) is 1.24. The third-order valence-corrected chi connectivity index (χ3v) is 1.85. The average molecular weight is 171 g/mol. The number of allylic oxidation sites excluding steroid dienone is 1. The molecule has 0 saturated carbocycles. The SMILES string of the molecule is C=C(C)CCC(COCC)NC. The lowest BCUT2D eigenvalue weighted by Crippen LogP contribution is -2.30. The fourth-order valence-electron chi connectivity index (χ4n) is 0.992. The highest BCUT2D eigenvalue weighted by Gasteiger charge is 2.04. The fraction of sp³-hybridized carbons (Fsp3) is 0.800. The Hall–Kier alpha value is -0.340. The minimum atomic E-state index is 0.474. The van der Waals surface area contributed by atoms with E-state index < -0.39 is 0 Å². The van der Waals surface area contributed by atoms with E-state index in [1.807, 2.05) is 14.0 Å². The van der Waals surface area contributed by atoms with Crippen LogP contribution in [0.15, 0.2) is 12.2 Å². The monoisotopic (exact) mass is 171 g/mol. The zero-order valence-electron chi connectivity index (χ0n) is 8.52. The molecule has 1 atom stereocenters. The molecule has 0 bridgehead atoms. The number of nitrogens with one attached hydrogen (secondary N) is 1. The van der Waals surface area contributed by atoms with E-state index in [2.05, 4.69) is 18.8 Å². The molecule has 1 unspecified atom stereocenters. The lowest BCUT2D eigenvalue weighted by Gasteiger charge is -2.15. The van der Waals surface area contributed by atoms with Gasteiger partial charge in [-0.3, -0.25) is 0 Å². The number of likely N-dealkylation sites (N-methyl/N-ethyl adjacent to an activating group) is 1. The van der Waals surface area contributed by atoms with Crippen LogP contribution in [-0.2, 0) is 4.74 Å². The van der Waals surface area contributed by atoms with Crippen LogP contribution in [-0.4, -0.2) is 26.3 Å². The Kier molecular flexibility index (Phi) is 7.11. The molecule has 2 nitrogen and oxygen atoms in total. The van der Waals surface area contributed by atoms with Gasteiger partial charge in [0.15, 0.2) is 0 Å². The summed E-state index contributed by atoms with van der Waals surface area (Å²) in [6.45, 7) is 9.56. The number of hydrogen-bond donors (Lipinski definition) is 1. The second-order valence-corrected chi connectivity index (χ2v) is 3.14. The topological polar surface area (TPSA) is 21.3 Å². The fourth-order valence-corrected chi connectivity index (χ4v) is 0.992. The summed E-state index contributed by atoms with van der Waals surface area (Å²) in [6.07, 6.45) is 2.20. The van der Waals surface area contributed by atoms with Gasteiger partial charge in [0.25, 0.3) is 0 Å². The molecular weight excluding hydrogens is 150 g/mol. The van der Waals surface area contributed by atoms with E-state index in [1.54, 1.807) is 0 Å². The largest absolute Gasteiger partial charge is 0.380 e. The standard InChI is InChI=1S/C10H21NO/c1-5-12-8-10(11-4)7-6-9(2)3/h10-11H,2,5-8H2,1,3-4H3. The van der Waals surface area contributed by atoms with Crippen molar-refractivity contribution < 1.29 is 4.74 Å². The molecule has 0 aromatic heterocycles. The molecule has 0 spiro atoms. The molecule has 0 fully saturated rings. The highest BCUT2D eigenvalue weighted by Crippen LogP contribution is 2.04. The van der Waals surface area contributed by atoms with Crippen molar-refractivity contribution in [1.82, 2.24) is 5.32 Å². The van der Waals surface area contributed by atoms with Gasteiger partial charge in [-0.15, -0.1) is 6.58 Å². The molecule has 1 N–H and O–H groups in total. The molecule has 0 heterocycles. The number of hydrogen-bond acceptors (Lipinski definition) is 2. The molecule has 2 heteroatoms. The van der Waals surface area contributed by atoms with Crippen molar-refractivity contribution in [2.24, 2.45) is 0 Å². The molecular formula is C10H21NO. The average Bonchev–Trinajstić information content (AvgIpc) is 2.05. The van der Waals surface area contributed by atoms with Crippen LogP contribution < -0.4 is 5.32 Å². The zero-order chi connectivity index (χ0) is 9.40. The normalized spacial score (nSPS) is 12.9. The van der Waals surface area contributed by atoms with Gasteiger partial charge in [0.2, 0.25) is 0 Å². The Morgan fingerprint density at radius 2 is 2.25 bits per heavy atom. The van der Waals surface area contributed by atoms with Gasteiger partial charge in [-0.25, -0.2) is 0 Å². The minimum Gasteiger partial charge on any atom is -0.380 e. The maximum atomic E-state index is 5.33. The van der Waals surface area contributed by atoms with Crippen LogP contribution in [0.4, 0.5) is 0 Å². The summed E-state index contributed by atoms with van der Waals surface area (Å²) in [5, 5.41) is 3.23. The van der Waals surface area contributed by atoms with Crippen molar-refractivity contribution in [1.29, 1.82) is 0 Å². The number of rotatable bonds is 7. The molecule has 0 aromatic carbocycles. The summed E-state index contributed by atoms with van der Waals surface area (Å²) < 4.78 is 5.33. The second kappa shape index (κ2) is 7.32. The first-order valence-corrected chi connectivity index (χ1v) is 4.60. The summed E-state index contributed by atoms with van der Waals surface area (Å²) in [6, 6.07) is 0.474. The third-order valence-electron chi connectivity index (χ3n) is 1.85. The van der Waals surface area contributed by atoms with E-state index in [0.717, 1.165) is 26.1 Å². The quantitative estimate of drug-likeness (QED) is 0.591. The van der Waals surface area contributed by atoms with Crippen LogP contribution in [0.1, 0.15) is 26.7 Å². The first-order valence-electron chi connectivity index (χ1n) is 4.60. The van der Waals surface area contributed by atoms with Crippen LogP contribution in [0.25, 0.3) is 0 Å². The van der Waals surface area contributed by atoms with Crippen LogP contribution in [0.2, 0.25) is 0 Å². The summed E-state index contributed by atoms with van der Waals surface area (Å²) >= 11 is 0. The predicted octanol–water partition coefficient (Wildman–Crippen LogP) is 1.97. The smallest absolute Gasteiger partial charge is 0.0619 e. The molecule has 0 amide bonds. The van der Waals surface area contributed by atoms with E-state index in [-0.39, 0.29) is 0 Å². The number of ether oxygens (including phenoxy) is 1. The Morgan fingerprint density at radius 1 is 1.58 bits per heavy atom. The Balaban J connectivity index is 3.45. The highest BCUT2D eigenvalue weighted by molar-refractivity contribution is 4.89. The van der Waals surface area contributed by atoms with Crippen molar-refractivity contribution in [3.8, 4) is 0 Å². The predicted molar refractivity (Wildman–Crippen MR) is 53.4 cm³/mol. The van der Waals surface area contributed by atoms with Gasteiger partial charge in [-0.1, -0.05) is 5.57 Å². The van der Waals surface area contributed by atoms with Crippen LogP contribution in [0.5, 0.6) is 0 Å². The van der Waals surface area contributed by atoms with Crippen molar-refractivity contribution in [2.45, 2.75) is 32.7 Å². The highest BCUT2D eigenvalue weighted by atomic mass is 16.5.